The fourth-order valence-corrected chi connectivity index (χ4v) is 2.50. The maximum Gasteiger partial charge on any atom is 0.315 e. The van der Waals surface area contributed by atoms with Crippen LogP contribution in [0.5, 0.6) is 0 Å². The highest BCUT2D eigenvalue weighted by molar-refractivity contribution is 5.79. The first-order chi connectivity index (χ1) is 12.6. The van der Waals surface area contributed by atoms with Crippen LogP contribution in [-0.2, 0) is 10.3 Å². The van der Waals surface area contributed by atoms with E-state index in [1.54, 1.807) is 23.6 Å². The number of nitrogens with two attached hydrogens (primary N) is 1. The van der Waals surface area contributed by atoms with Crippen LogP contribution in [0.25, 0.3) is 11.1 Å². The number of pyridine rings is 1. The third-order valence-corrected chi connectivity index (χ3v) is 4.08. The molecule has 8 heteroatoms. The maximum absolute atomic E-state index is 13.1. The van der Waals surface area contributed by atoms with E-state index in [2.05, 4.69) is 4.98 Å². The van der Waals surface area contributed by atoms with Gasteiger partial charge in [-0.15, -0.1) is 0 Å². The lowest BCUT2D eigenvalue weighted by atomic mass is 9.97. The van der Waals surface area contributed by atoms with Crippen LogP contribution in [0.3, 0.4) is 0 Å². The van der Waals surface area contributed by atoms with Crippen LogP contribution in [0.4, 0.5) is 13.2 Å². The van der Waals surface area contributed by atoms with E-state index in [1.165, 1.54) is 12.1 Å². The molecule has 0 aliphatic rings. The molecule has 0 spiro atoms. The predicted octanol–water partition coefficient (Wildman–Crippen LogP) is 2.70. The highest BCUT2D eigenvalue weighted by Gasteiger charge is 2.26. The molecule has 0 saturated heterocycles. The van der Waals surface area contributed by atoms with Gasteiger partial charge in [-0.1, -0.05) is 30.3 Å². The molecule has 2 aromatic rings. The Bertz CT molecular complexity index is 759. The smallest absolute Gasteiger partial charge is 0.315 e. The van der Waals surface area contributed by atoms with Crippen molar-refractivity contribution in [2.75, 3.05) is 6.67 Å². The number of carbonyl (C=O) groups is 1. The van der Waals surface area contributed by atoms with Gasteiger partial charge in [-0.05, 0) is 31.0 Å². The molecule has 0 radical (unpaired) electrons. The summed E-state index contributed by atoms with van der Waals surface area (Å²) in [5.74, 6) is -1.62. The summed E-state index contributed by atoms with van der Waals surface area (Å²) in [6, 6.07) is 8.67. The monoisotopic (exact) mass is 381 g/mol. The summed E-state index contributed by atoms with van der Waals surface area (Å²) in [4.78, 5) is 15.4. The number of aromatic nitrogens is 1. The first-order valence-electron chi connectivity index (χ1n) is 8.31. The van der Waals surface area contributed by atoms with Crippen LogP contribution in [0.15, 0.2) is 42.6 Å². The molecule has 5 nitrogen and oxygen atoms in total. The summed E-state index contributed by atoms with van der Waals surface area (Å²) in [7, 11) is 0. The molecule has 4 N–H and O–H groups in total. The van der Waals surface area contributed by atoms with Crippen molar-refractivity contribution in [2.24, 2.45) is 5.73 Å². The Morgan fingerprint density at radius 1 is 1.19 bits per heavy atom. The van der Waals surface area contributed by atoms with Crippen molar-refractivity contribution in [1.82, 2.24) is 10.3 Å². The first kappa shape index (κ1) is 20.9. The molecule has 0 aliphatic carbocycles. The highest BCUT2D eigenvalue weighted by atomic mass is 19.3. The van der Waals surface area contributed by atoms with Gasteiger partial charge in [-0.25, -0.2) is 4.39 Å². The van der Waals surface area contributed by atoms with Gasteiger partial charge >= 0.3 is 6.43 Å². The third kappa shape index (κ3) is 5.27. The lowest BCUT2D eigenvalue weighted by Gasteiger charge is -2.22. The minimum Gasteiger partial charge on any atom is -0.386 e. The molecule has 1 aromatic heterocycles. The van der Waals surface area contributed by atoms with E-state index in [1.807, 2.05) is 26.0 Å². The molecule has 27 heavy (non-hydrogen) atoms. The van der Waals surface area contributed by atoms with Crippen LogP contribution in [-0.4, -0.2) is 35.1 Å². The number of halogens is 3. The number of hydrogen-bond acceptors (Lipinski definition) is 4. The number of benzene rings is 1. The van der Waals surface area contributed by atoms with Crippen LogP contribution in [0.2, 0.25) is 0 Å². The SMILES string of the molecule is CC(C)(N)c1ccc(-c2ccc([C@@H](O)[C@@H](CF)NC(=O)C(F)F)cc2)cn1. The van der Waals surface area contributed by atoms with Crippen LogP contribution < -0.4 is 11.1 Å². The summed E-state index contributed by atoms with van der Waals surface area (Å²) >= 11 is 0. The van der Waals surface area contributed by atoms with E-state index >= 15 is 0 Å². The summed E-state index contributed by atoms with van der Waals surface area (Å²) in [6.07, 6.45) is -3.06. The summed E-state index contributed by atoms with van der Waals surface area (Å²) in [5, 5.41) is 12.0. The van der Waals surface area contributed by atoms with Crippen molar-refractivity contribution < 1.29 is 23.1 Å². The second kappa shape index (κ2) is 8.49. The van der Waals surface area contributed by atoms with Gasteiger partial charge in [0.2, 0.25) is 0 Å². The summed E-state index contributed by atoms with van der Waals surface area (Å²) in [5.41, 5.74) is 8.08. The average Bonchev–Trinajstić information content (AvgIpc) is 2.64. The van der Waals surface area contributed by atoms with Gasteiger partial charge in [-0.3, -0.25) is 9.78 Å². The van der Waals surface area contributed by atoms with Crippen molar-refractivity contribution in [1.29, 1.82) is 0 Å². The molecule has 0 fully saturated rings. The van der Waals surface area contributed by atoms with E-state index in [4.69, 9.17) is 5.73 Å². The predicted molar refractivity (Wildman–Crippen MR) is 95.8 cm³/mol. The molecular weight excluding hydrogens is 359 g/mol. The van der Waals surface area contributed by atoms with E-state index in [0.717, 1.165) is 16.8 Å². The van der Waals surface area contributed by atoms with E-state index in [0.29, 0.717) is 5.56 Å². The average molecular weight is 381 g/mol. The van der Waals surface area contributed by atoms with Gasteiger partial charge in [-0.2, -0.15) is 8.78 Å². The number of amides is 1. The number of carbonyl (C=O) groups excluding carboxylic acids is 1. The van der Waals surface area contributed by atoms with E-state index in [9.17, 15) is 23.1 Å². The van der Waals surface area contributed by atoms with Gasteiger partial charge in [0.15, 0.2) is 0 Å². The Morgan fingerprint density at radius 3 is 2.22 bits per heavy atom. The Hall–Kier alpha value is -2.45. The number of hydrogen-bond donors (Lipinski definition) is 3. The van der Waals surface area contributed by atoms with Gasteiger partial charge < -0.3 is 16.2 Å². The first-order valence-corrected chi connectivity index (χ1v) is 8.31. The Morgan fingerprint density at radius 2 is 1.78 bits per heavy atom. The molecular formula is C19H22F3N3O2. The zero-order chi connectivity index (χ0) is 20.2. The number of nitrogens with one attached hydrogen (secondary N) is 1. The van der Waals surface area contributed by atoms with Crippen LogP contribution >= 0.6 is 0 Å². The van der Waals surface area contributed by atoms with E-state index < -0.39 is 36.7 Å². The maximum atomic E-state index is 13.1. The second-order valence-electron chi connectivity index (χ2n) is 6.79. The Kier molecular flexibility index (Phi) is 6.56. The van der Waals surface area contributed by atoms with Crippen LogP contribution in [0, 0.1) is 0 Å². The molecule has 2 rings (SSSR count). The van der Waals surface area contributed by atoms with Crippen LogP contribution in [0.1, 0.15) is 31.2 Å². The second-order valence-corrected chi connectivity index (χ2v) is 6.79. The van der Waals surface area contributed by atoms with Gasteiger partial charge in [0.25, 0.3) is 5.91 Å². The van der Waals surface area contributed by atoms with Crippen molar-refractivity contribution in [3.8, 4) is 11.1 Å². The highest BCUT2D eigenvalue weighted by Crippen LogP contribution is 2.25. The van der Waals surface area contributed by atoms with Crippen molar-refractivity contribution in [3.63, 3.8) is 0 Å². The zero-order valence-electron chi connectivity index (χ0n) is 15.0. The number of aliphatic hydroxyl groups excluding tert-OH is 1. The Labute approximate surface area is 155 Å². The minimum absolute atomic E-state index is 0.295. The summed E-state index contributed by atoms with van der Waals surface area (Å²) in [6.45, 7) is 2.51. The molecule has 146 valence electrons. The van der Waals surface area contributed by atoms with Crippen molar-refractivity contribution in [3.05, 3.63) is 53.9 Å². The van der Waals surface area contributed by atoms with Gasteiger partial charge in [0.05, 0.1) is 17.3 Å². The molecule has 1 heterocycles. The topological polar surface area (TPSA) is 88.2 Å². The Balaban J connectivity index is 2.15. The number of nitrogens with zero attached hydrogens (tertiary/aromatic N) is 1. The standard InChI is InChI=1S/C19H22F3N3O2/c1-19(2,23)15-8-7-13(10-24-15)11-3-5-12(6-4-11)16(26)14(9-20)25-18(27)17(21)22/h3-8,10,14,16-17,26H,9,23H2,1-2H3,(H,25,27)/t14-,16-/m1/s1. The van der Waals surface area contributed by atoms with Crippen molar-refractivity contribution >= 4 is 5.91 Å². The third-order valence-electron chi connectivity index (χ3n) is 4.08. The molecule has 2 atom stereocenters. The molecule has 0 unspecified atom stereocenters. The van der Waals surface area contributed by atoms with Gasteiger partial charge in [0.1, 0.15) is 12.8 Å². The lowest BCUT2D eigenvalue weighted by Crippen LogP contribution is -2.43. The lowest BCUT2D eigenvalue weighted by molar-refractivity contribution is -0.133. The largest absolute Gasteiger partial charge is 0.386 e. The van der Waals surface area contributed by atoms with Crippen molar-refractivity contribution in [2.45, 2.75) is 38.0 Å². The van der Waals surface area contributed by atoms with Gasteiger partial charge in [0, 0.05) is 11.8 Å². The normalized spacial score (nSPS) is 14.1. The minimum atomic E-state index is -3.28. The molecule has 0 bridgehead atoms. The fourth-order valence-electron chi connectivity index (χ4n) is 2.50. The fraction of sp³-hybridized carbons (Fsp3) is 0.368. The number of rotatable bonds is 7. The number of aliphatic hydroxyl groups is 1. The molecule has 1 amide bonds. The molecule has 1 aromatic carbocycles. The molecule has 0 aliphatic heterocycles. The van der Waals surface area contributed by atoms with E-state index in [-0.39, 0.29) is 0 Å². The summed E-state index contributed by atoms with van der Waals surface area (Å²) < 4.78 is 37.7. The molecule has 0 saturated carbocycles. The quantitative estimate of drug-likeness (QED) is 0.688. The zero-order valence-corrected chi connectivity index (χ0v) is 15.0. The number of alkyl halides is 3.